The Labute approximate surface area is 144 Å². The Kier molecular flexibility index (Phi) is 8.49. The number of hydrogen-bond donors (Lipinski definition) is 1. The lowest BCUT2D eigenvalue weighted by molar-refractivity contribution is 0.00480. The molecular weight excluding hydrogens is 302 g/mol. The largest absolute Gasteiger partial charge is 0.389 e. The second kappa shape index (κ2) is 10.9. The summed E-state index contributed by atoms with van der Waals surface area (Å²) in [6.45, 7) is 3.63. The van der Waals surface area contributed by atoms with Gasteiger partial charge in [0.15, 0.2) is 0 Å². The standard InChI is InChI=1S/C20H27NO3/c1-23-13-12-21(14-18-8-4-2-5-9-18)15-20(22)17-24-16-19-10-6-3-7-11-19/h2-11,20,22H,12-17H2,1H3/t20-/m1/s1. The number of ether oxygens (including phenoxy) is 2. The van der Waals surface area contributed by atoms with Gasteiger partial charge in [0.25, 0.3) is 0 Å². The van der Waals surface area contributed by atoms with Crippen LogP contribution < -0.4 is 0 Å². The van der Waals surface area contributed by atoms with Crippen molar-refractivity contribution in [3.8, 4) is 0 Å². The molecule has 0 aliphatic carbocycles. The molecule has 4 nitrogen and oxygen atoms in total. The van der Waals surface area contributed by atoms with Crippen LogP contribution in [0.2, 0.25) is 0 Å². The van der Waals surface area contributed by atoms with E-state index in [4.69, 9.17) is 9.47 Å². The molecule has 0 aliphatic heterocycles. The fourth-order valence-corrected chi connectivity index (χ4v) is 2.53. The van der Waals surface area contributed by atoms with Gasteiger partial charge in [0.2, 0.25) is 0 Å². The Morgan fingerprint density at radius 1 is 0.958 bits per heavy atom. The van der Waals surface area contributed by atoms with Crippen LogP contribution in [0.15, 0.2) is 60.7 Å². The third-order valence-electron chi connectivity index (χ3n) is 3.75. The average Bonchev–Trinajstić information content (AvgIpc) is 2.61. The molecule has 0 heterocycles. The number of methoxy groups -OCH3 is 1. The highest BCUT2D eigenvalue weighted by Crippen LogP contribution is 2.06. The van der Waals surface area contributed by atoms with Crippen molar-refractivity contribution in [2.75, 3.05) is 33.4 Å². The second-order valence-electron chi connectivity index (χ2n) is 5.87. The van der Waals surface area contributed by atoms with E-state index >= 15 is 0 Å². The van der Waals surface area contributed by atoms with E-state index in [2.05, 4.69) is 17.0 Å². The van der Waals surface area contributed by atoms with E-state index < -0.39 is 6.10 Å². The lowest BCUT2D eigenvalue weighted by Crippen LogP contribution is -2.36. The van der Waals surface area contributed by atoms with Crippen molar-refractivity contribution in [3.63, 3.8) is 0 Å². The van der Waals surface area contributed by atoms with Gasteiger partial charge in [-0.3, -0.25) is 4.90 Å². The zero-order valence-electron chi connectivity index (χ0n) is 14.3. The highest BCUT2D eigenvalue weighted by atomic mass is 16.5. The first-order valence-electron chi connectivity index (χ1n) is 8.33. The van der Waals surface area contributed by atoms with Gasteiger partial charge in [-0.15, -0.1) is 0 Å². The number of nitrogens with zero attached hydrogens (tertiary/aromatic N) is 1. The SMILES string of the molecule is COCCN(Cc1ccccc1)C[C@@H](O)COCc1ccccc1. The molecule has 0 aliphatic rings. The predicted molar refractivity (Wildman–Crippen MR) is 95.7 cm³/mol. The van der Waals surface area contributed by atoms with Crippen LogP contribution in [0.3, 0.4) is 0 Å². The quantitative estimate of drug-likeness (QED) is 0.688. The van der Waals surface area contributed by atoms with Crippen molar-refractivity contribution < 1.29 is 14.6 Å². The molecule has 130 valence electrons. The average molecular weight is 329 g/mol. The van der Waals surface area contributed by atoms with Gasteiger partial charge in [0.05, 0.1) is 25.9 Å². The summed E-state index contributed by atoms with van der Waals surface area (Å²) in [4.78, 5) is 2.19. The summed E-state index contributed by atoms with van der Waals surface area (Å²) in [5.74, 6) is 0. The van der Waals surface area contributed by atoms with Crippen LogP contribution in [-0.4, -0.2) is 49.5 Å². The van der Waals surface area contributed by atoms with Gasteiger partial charge < -0.3 is 14.6 Å². The molecule has 0 unspecified atom stereocenters. The monoisotopic (exact) mass is 329 g/mol. The third kappa shape index (κ3) is 7.23. The lowest BCUT2D eigenvalue weighted by atomic mass is 10.2. The molecule has 0 saturated carbocycles. The number of aliphatic hydroxyl groups is 1. The Morgan fingerprint density at radius 2 is 1.58 bits per heavy atom. The Morgan fingerprint density at radius 3 is 2.21 bits per heavy atom. The topological polar surface area (TPSA) is 41.9 Å². The molecule has 4 heteroatoms. The van der Waals surface area contributed by atoms with Crippen molar-refractivity contribution in [1.29, 1.82) is 0 Å². The number of hydrogen-bond acceptors (Lipinski definition) is 4. The minimum Gasteiger partial charge on any atom is -0.389 e. The molecule has 0 bridgehead atoms. The minimum absolute atomic E-state index is 0.327. The molecule has 0 amide bonds. The van der Waals surface area contributed by atoms with E-state index in [0.717, 1.165) is 18.7 Å². The van der Waals surface area contributed by atoms with Crippen LogP contribution >= 0.6 is 0 Å². The highest BCUT2D eigenvalue weighted by molar-refractivity contribution is 5.14. The van der Waals surface area contributed by atoms with Gasteiger partial charge in [-0.2, -0.15) is 0 Å². The molecule has 1 atom stereocenters. The van der Waals surface area contributed by atoms with E-state index in [-0.39, 0.29) is 0 Å². The first-order valence-corrected chi connectivity index (χ1v) is 8.33. The van der Waals surface area contributed by atoms with Crippen LogP contribution in [-0.2, 0) is 22.6 Å². The second-order valence-corrected chi connectivity index (χ2v) is 5.87. The summed E-state index contributed by atoms with van der Waals surface area (Å²) in [6, 6.07) is 20.3. The van der Waals surface area contributed by atoms with E-state index in [1.54, 1.807) is 7.11 Å². The first-order chi connectivity index (χ1) is 11.8. The molecule has 0 spiro atoms. The molecule has 2 rings (SSSR count). The van der Waals surface area contributed by atoms with Crippen molar-refractivity contribution in [3.05, 3.63) is 71.8 Å². The molecule has 0 fully saturated rings. The molecule has 2 aromatic rings. The summed E-state index contributed by atoms with van der Waals surface area (Å²) < 4.78 is 10.8. The zero-order chi connectivity index (χ0) is 17.0. The van der Waals surface area contributed by atoms with Crippen molar-refractivity contribution >= 4 is 0 Å². The molecule has 1 N–H and O–H groups in total. The maximum Gasteiger partial charge on any atom is 0.0900 e. The Hall–Kier alpha value is -1.72. The fourth-order valence-electron chi connectivity index (χ4n) is 2.53. The normalized spacial score (nSPS) is 12.5. The molecule has 0 aromatic heterocycles. The van der Waals surface area contributed by atoms with Crippen LogP contribution in [0.5, 0.6) is 0 Å². The van der Waals surface area contributed by atoms with Gasteiger partial charge >= 0.3 is 0 Å². The van der Waals surface area contributed by atoms with Crippen LogP contribution in [0.1, 0.15) is 11.1 Å². The lowest BCUT2D eigenvalue weighted by Gasteiger charge is -2.25. The summed E-state index contributed by atoms with van der Waals surface area (Å²) in [5.41, 5.74) is 2.34. The maximum atomic E-state index is 10.3. The predicted octanol–water partition coefficient (Wildman–Crippen LogP) is 2.71. The Balaban J connectivity index is 1.77. The van der Waals surface area contributed by atoms with Crippen LogP contribution in [0.4, 0.5) is 0 Å². The number of benzene rings is 2. The molecule has 24 heavy (non-hydrogen) atoms. The van der Waals surface area contributed by atoms with E-state index in [1.165, 1.54) is 5.56 Å². The minimum atomic E-state index is -0.519. The Bertz CT molecular complexity index is 547. The number of aliphatic hydroxyl groups excluding tert-OH is 1. The van der Waals surface area contributed by atoms with Crippen molar-refractivity contribution in [2.45, 2.75) is 19.3 Å². The van der Waals surface area contributed by atoms with E-state index in [9.17, 15) is 5.11 Å². The summed E-state index contributed by atoms with van der Waals surface area (Å²) in [5, 5.41) is 10.3. The summed E-state index contributed by atoms with van der Waals surface area (Å²) in [7, 11) is 1.69. The van der Waals surface area contributed by atoms with Crippen LogP contribution in [0.25, 0.3) is 0 Å². The summed E-state index contributed by atoms with van der Waals surface area (Å²) in [6.07, 6.45) is -0.519. The van der Waals surface area contributed by atoms with Gasteiger partial charge in [-0.25, -0.2) is 0 Å². The third-order valence-corrected chi connectivity index (χ3v) is 3.75. The highest BCUT2D eigenvalue weighted by Gasteiger charge is 2.12. The van der Waals surface area contributed by atoms with Crippen molar-refractivity contribution in [1.82, 2.24) is 4.90 Å². The molecule has 0 radical (unpaired) electrons. The molecular formula is C20H27NO3. The van der Waals surface area contributed by atoms with Gasteiger partial charge in [0.1, 0.15) is 0 Å². The molecule has 0 saturated heterocycles. The van der Waals surface area contributed by atoms with Gasteiger partial charge in [0, 0.05) is 26.7 Å². The van der Waals surface area contributed by atoms with Crippen LogP contribution in [0, 0.1) is 0 Å². The van der Waals surface area contributed by atoms with E-state index in [0.29, 0.717) is 26.4 Å². The summed E-state index contributed by atoms with van der Waals surface area (Å²) >= 11 is 0. The molecule has 2 aromatic carbocycles. The maximum absolute atomic E-state index is 10.3. The van der Waals surface area contributed by atoms with Gasteiger partial charge in [-0.05, 0) is 11.1 Å². The number of rotatable bonds is 11. The van der Waals surface area contributed by atoms with E-state index in [1.807, 2.05) is 48.5 Å². The fraction of sp³-hybridized carbons (Fsp3) is 0.400. The zero-order valence-corrected chi connectivity index (χ0v) is 14.3. The first kappa shape index (κ1) is 18.6. The van der Waals surface area contributed by atoms with Crippen molar-refractivity contribution in [2.24, 2.45) is 0 Å². The van der Waals surface area contributed by atoms with Gasteiger partial charge in [-0.1, -0.05) is 60.7 Å². The smallest absolute Gasteiger partial charge is 0.0900 e.